The van der Waals surface area contributed by atoms with E-state index in [0.29, 0.717) is 39.0 Å². The van der Waals surface area contributed by atoms with Gasteiger partial charge in [0.1, 0.15) is 11.8 Å². The van der Waals surface area contributed by atoms with Gasteiger partial charge in [-0.3, -0.25) is 24.4 Å². The van der Waals surface area contributed by atoms with Crippen LogP contribution in [0.15, 0.2) is 53.2 Å². The van der Waals surface area contributed by atoms with Crippen LogP contribution in [0, 0.1) is 9.49 Å². The van der Waals surface area contributed by atoms with Crippen LogP contribution in [0.3, 0.4) is 0 Å². The maximum atomic E-state index is 14.1. The second-order valence-electron chi connectivity index (χ2n) is 16.4. The molecule has 3 atom stereocenters. The molecule has 3 heterocycles. The fourth-order valence-corrected chi connectivity index (χ4v) is 8.08. The molecule has 11 heteroatoms. The summed E-state index contributed by atoms with van der Waals surface area (Å²) in [5, 5.41) is 14.5. The standard InChI is InChI=1S/C37H55IN4O5Si/c1-35(2,3)40-33(43)30-24-42(37(7,8)31-20-27-21-39-22-29(38)32(27)46-31)17-16-41(30)23-28(47-48(9,10)36(4,5)6)19-26(34(44)45)18-25-14-12-11-13-15-25/h11-15,20-22,26,28,30H,16-19,23-24H2,1-10H3,(H,40,43)(H,44,45)/t26-,28+,30+/m1/s1. The summed E-state index contributed by atoms with van der Waals surface area (Å²) in [6, 6.07) is 11.4. The maximum absolute atomic E-state index is 14.1. The molecule has 1 fully saturated rings. The summed E-state index contributed by atoms with van der Waals surface area (Å²) in [5.41, 5.74) is 0.911. The van der Waals surface area contributed by atoms with Gasteiger partial charge in [-0.25, -0.2) is 0 Å². The minimum Gasteiger partial charge on any atom is -0.481 e. The Morgan fingerprint density at radius 3 is 2.33 bits per heavy atom. The number of benzene rings is 1. The lowest BCUT2D eigenvalue weighted by molar-refractivity contribution is -0.143. The van der Waals surface area contributed by atoms with Crippen molar-refractivity contribution in [3.8, 4) is 0 Å². The summed E-state index contributed by atoms with van der Waals surface area (Å²) in [7, 11) is -2.29. The molecule has 1 saturated heterocycles. The molecule has 0 spiro atoms. The highest BCUT2D eigenvalue weighted by atomic mass is 127. The SMILES string of the molecule is CC(C)(C)NC(=O)[C@@H]1CN(C(C)(C)c2cc3cncc(I)c3o2)CCN1C[C@H](C[C@@H](Cc1ccccc1)C(=O)O)O[Si](C)(C)C(C)(C)C. The molecular formula is C37H55IN4O5Si. The number of nitrogens with one attached hydrogen (secondary N) is 1. The zero-order valence-electron chi connectivity index (χ0n) is 30.4. The molecule has 3 aromatic rings. The van der Waals surface area contributed by atoms with E-state index in [-0.39, 0.29) is 17.0 Å². The second kappa shape index (κ2) is 14.9. The summed E-state index contributed by atoms with van der Waals surface area (Å²) < 4.78 is 14.4. The summed E-state index contributed by atoms with van der Waals surface area (Å²) in [5.74, 6) is -0.658. The number of nitrogens with zero attached hydrogens (tertiary/aromatic N) is 3. The third kappa shape index (κ3) is 9.46. The molecule has 0 radical (unpaired) electrons. The lowest BCUT2D eigenvalue weighted by atomic mass is 9.92. The first-order valence-electron chi connectivity index (χ1n) is 17.0. The minimum atomic E-state index is -2.29. The zero-order valence-corrected chi connectivity index (χ0v) is 33.6. The molecule has 48 heavy (non-hydrogen) atoms. The van der Waals surface area contributed by atoms with Crippen molar-refractivity contribution in [2.24, 2.45) is 5.92 Å². The summed E-state index contributed by atoms with van der Waals surface area (Å²) >= 11 is 2.25. The first-order valence-corrected chi connectivity index (χ1v) is 21.0. The first-order chi connectivity index (χ1) is 22.2. The van der Waals surface area contributed by atoms with E-state index < -0.39 is 37.3 Å². The Morgan fingerprint density at radius 1 is 1.08 bits per heavy atom. The van der Waals surface area contributed by atoms with Crippen molar-refractivity contribution in [3.63, 3.8) is 0 Å². The van der Waals surface area contributed by atoms with Crippen molar-refractivity contribution in [3.05, 3.63) is 63.7 Å². The summed E-state index contributed by atoms with van der Waals surface area (Å²) in [6.07, 6.45) is 4.05. The number of fused-ring (bicyclic) bond motifs is 1. The number of halogens is 1. The average Bonchev–Trinajstić information content (AvgIpc) is 3.42. The highest BCUT2D eigenvalue weighted by Gasteiger charge is 2.44. The average molecular weight is 791 g/mol. The van der Waals surface area contributed by atoms with Crippen LogP contribution < -0.4 is 5.32 Å². The number of hydrogen-bond donors (Lipinski definition) is 2. The van der Waals surface area contributed by atoms with Gasteiger partial charge in [-0.05, 0) is 99.8 Å². The second-order valence-corrected chi connectivity index (χ2v) is 22.3. The molecule has 1 aliphatic heterocycles. The number of rotatable bonds is 12. The molecule has 0 aliphatic carbocycles. The quantitative estimate of drug-likeness (QED) is 0.146. The minimum absolute atomic E-state index is 0.0449. The van der Waals surface area contributed by atoms with Gasteiger partial charge in [0.05, 0.1) is 21.1 Å². The van der Waals surface area contributed by atoms with E-state index in [4.69, 9.17) is 8.84 Å². The van der Waals surface area contributed by atoms with E-state index in [2.05, 4.69) is 96.5 Å². The van der Waals surface area contributed by atoms with E-state index in [0.717, 1.165) is 25.9 Å². The number of carbonyl (C=O) groups is 2. The lowest BCUT2D eigenvalue weighted by Crippen LogP contribution is -2.64. The fourth-order valence-electron chi connectivity index (χ4n) is 6.14. The number of pyridine rings is 1. The smallest absolute Gasteiger partial charge is 0.306 e. The Balaban J connectivity index is 1.65. The van der Waals surface area contributed by atoms with Gasteiger partial charge in [0.15, 0.2) is 13.9 Å². The number of aliphatic carboxylic acids is 1. The van der Waals surface area contributed by atoms with Crippen molar-refractivity contribution < 1.29 is 23.5 Å². The summed E-state index contributed by atoms with van der Waals surface area (Å²) in [4.78, 5) is 35.6. The van der Waals surface area contributed by atoms with E-state index in [1.807, 2.05) is 57.3 Å². The van der Waals surface area contributed by atoms with Crippen LogP contribution >= 0.6 is 22.6 Å². The van der Waals surface area contributed by atoms with Gasteiger partial charge in [-0.2, -0.15) is 0 Å². The first kappa shape index (κ1) is 38.5. The number of hydrogen-bond acceptors (Lipinski definition) is 7. The van der Waals surface area contributed by atoms with Gasteiger partial charge in [0, 0.05) is 49.5 Å². The number of piperazine rings is 1. The highest BCUT2D eigenvalue weighted by Crippen LogP contribution is 2.39. The molecular weight excluding hydrogens is 735 g/mol. The van der Waals surface area contributed by atoms with Crippen molar-refractivity contribution >= 4 is 53.8 Å². The normalized spacial score (nSPS) is 18.5. The van der Waals surface area contributed by atoms with E-state index in [1.54, 1.807) is 6.20 Å². The van der Waals surface area contributed by atoms with Gasteiger partial charge in [0.25, 0.3) is 0 Å². The Labute approximate surface area is 301 Å². The largest absolute Gasteiger partial charge is 0.481 e. The van der Waals surface area contributed by atoms with Gasteiger partial charge in [-0.15, -0.1) is 0 Å². The predicted molar refractivity (Wildman–Crippen MR) is 203 cm³/mol. The number of amides is 1. The lowest BCUT2D eigenvalue weighted by Gasteiger charge is -2.48. The number of carboxylic acids is 1. The molecule has 9 nitrogen and oxygen atoms in total. The molecule has 2 N–H and O–H groups in total. The van der Waals surface area contributed by atoms with Crippen molar-refractivity contribution in [2.75, 3.05) is 26.2 Å². The molecule has 264 valence electrons. The highest BCUT2D eigenvalue weighted by molar-refractivity contribution is 14.1. The molecule has 0 bridgehead atoms. The van der Waals surface area contributed by atoms with E-state index in [1.165, 1.54) is 0 Å². The molecule has 2 aromatic heterocycles. The van der Waals surface area contributed by atoms with Crippen LogP contribution in [0.4, 0.5) is 0 Å². The number of carboxylic acid groups (broad SMARTS) is 1. The Hall–Kier alpha value is -2.32. The van der Waals surface area contributed by atoms with Crippen LogP contribution in [0.5, 0.6) is 0 Å². The molecule has 1 aromatic carbocycles. The Kier molecular flexibility index (Phi) is 11.9. The molecule has 0 unspecified atom stereocenters. The van der Waals surface area contributed by atoms with Crippen LogP contribution in [0.2, 0.25) is 18.1 Å². The van der Waals surface area contributed by atoms with Crippen LogP contribution in [-0.4, -0.2) is 83.9 Å². The van der Waals surface area contributed by atoms with E-state index >= 15 is 0 Å². The topological polar surface area (TPSA) is 108 Å². The number of aromatic nitrogens is 1. The molecule has 1 amide bonds. The number of furan rings is 1. The van der Waals surface area contributed by atoms with Gasteiger partial charge in [0.2, 0.25) is 5.91 Å². The predicted octanol–water partition coefficient (Wildman–Crippen LogP) is 7.29. The zero-order chi connectivity index (χ0) is 35.7. The van der Waals surface area contributed by atoms with Crippen molar-refractivity contribution in [1.29, 1.82) is 0 Å². The van der Waals surface area contributed by atoms with Crippen molar-refractivity contribution in [1.82, 2.24) is 20.1 Å². The molecule has 4 rings (SSSR count). The van der Waals surface area contributed by atoms with Gasteiger partial charge < -0.3 is 19.3 Å². The van der Waals surface area contributed by atoms with Gasteiger partial charge >= 0.3 is 5.97 Å². The maximum Gasteiger partial charge on any atom is 0.306 e. The third-order valence-electron chi connectivity index (χ3n) is 9.99. The van der Waals surface area contributed by atoms with Gasteiger partial charge in [-0.1, -0.05) is 51.1 Å². The van der Waals surface area contributed by atoms with Crippen molar-refractivity contribution in [2.45, 2.75) is 110 Å². The van der Waals surface area contributed by atoms with E-state index in [9.17, 15) is 14.7 Å². The summed E-state index contributed by atoms with van der Waals surface area (Å²) in [6.45, 7) is 23.6. The molecule has 0 saturated carbocycles. The Morgan fingerprint density at radius 2 is 1.75 bits per heavy atom. The Bertz CT molecular complexity index is 1560. The van der Waals surface area contributed by atoms with Crippen LogP contribution in [0.25, 0.3) is 11.0 Å². The monoisotopic (exact) mass is 790 g/mol. The molecule has 1 aliphatic rings. The fraction of sp³-hybridized carbons (Fsp3) is 0.595. The number of carbonyl (C=O) groups excluding carboxylic acids is 1. The van der Waals surface area contributed by atoms with Crippen LogP contribution in [-0.2, 0) is 26.0 Å². The third-order valence-corrected chi connectivity index (χ3v) is 15.3. The van der Waals surface area contributed by atoms with Crippen LogP contribution in [0.1, 0.15) is 73.1 Å².